The maximum atomic E-state index is 12.4. The van der Waals surface area contributed by atoms with E-state index in [9.17, 15) is 4.79 Å². The molecule has 1 aromatic carbocycles. The van der Waals surface area contributed by atoms with Crippen molar-refractivity contribution in [3.05, 3.63) is 46.8 Å². The molecule has 0 radical (unpaired) electrons. The molecule has 3 rings (SSSR count). The Morgan fingerprint density at radius 1 is 1.30 bits per heavy atom. The smallest absolute Gasteiger partial charge is 0.319 e. The zero-order chi connectivity index (χ0) is 16.8. The fraction of sp³-hybridized carbons (Fsp3) is 0.444. The quantitative estimate of drug-likeness (QED) is 0.890. The Kier molecular flexibility index (Phi) is 3.66. The van der Waals surface area contributed by atoms with Crippen LogP contribution in [0.15, 0.2) is 24.3 Å². The second-order valence-electron chi connectivity index (χ2n) is 7.00. The molecule has 1 aliphatic carbocycles. The highest BCUT2D eigenvalue weighted by molar-refractivity contribution is 5.90. The molecule has 2 N–H and O–H groups in total. The molecule has 5 nitrogen and oxygen atoms in total. The molecule has 1 heterocycles. The Hall–Kier alpha value is -2.30. The van der Waals surface area contributed by atoms with Gasteiger partial charge in [0.15, 0.2) is 0 Å². The van der Waals surface area contributed by atoms with Crippen LogP contribution in [0.1, 0.15) is 48.8 Å². The molecule has 5 heteroatoms. The molecule has 1 aliphatic rings. The van der Waals surface area contributed by atoms with E-state index in [-0.39, 0.29) is 17.5 Å². The summed E-state index contributed by atoms with van der Waals surface area (Å²) in [7, 11) is 1.88. The first-order valence-corrected chi connectivity index (χ1v) is 7.97. The van der Waals surface area contributed by atoms with Gasteiger partial charge in [-0.1, -0.05) is 38.1 Å². The maximum Gasteiger partial charge on any atom is 0.319 e. The number of urea groups is 1. The molecule has 23 heavy (non-hydrogen) atoms. The van der Waals surface area contributed by atoms with E-state index in [1.807, 2.05) is 27.0 Å². The standard InChI is InChI=1S/C18H24N4O/c1-11-16(12(2)22(5)21-11)20-17(23)19-15-10-18(3,4)14-9-7-6-8-13(14)15/h6-9,15H,10H2,1-5H3,(H2,19,20,23). The Balaban J connectivity index is 1.77. The minimum atomic E-state index is -0.179. The highest BCUT2D eigenvalue weighted by Gasteiger charge is 2.37. The van der Waals surface area contributed by atoms with Gasteiger partial charge in [-0.3, -0.25) is 4.68 Å². The molecular weight excluding hydrogens is 288 g/mol. The average Bonchev–Trinajstić information content (AvgIpc) is 2.88. The fourth-order valence-corrected chi connectivity index (χ4v) is 3.54. The molecule has 1 unspecified atom stereocenters. The first kappa shape index (κ1) is 15.6. The van der Waals surface area contributed by atoms with E-state index in [2.05, 4.69) is 47.8 Å². The van der Waals surface area contributed by atoms with Crippen LogP contribution in [-0.2, 0) is 12.5 Å². The van der Waals surface area contributed by atoms with Crippen molar-refractivity contribution in [2.45, 2.75) is 45.6 Å². The van der Waals surface area contributed by atoms with Gasteiger partial charge in [0.05, 0.1) is 23.1 Å². The number of benzene rings is 1. The minimum absolute atomic E-state index is 0.0403. The molecule has 2 aromatic rings. The largest absolute Gasteiger partial charge is 0.331 e. The van der Waals surface area contributed by atoms with Crippen LogP contribution in [0.4, 0.5) is 10.5 Å². The molecule has 0 bridgehead atoms. The van der Waals surface area contributed by atoms with Gasteiger partial charge in [-0.25, -0.2) is 4.79 Å². The van der Waals surface area contributed by atoms with Gasteiger partial charge in [-0.2, -0.15) is 5.10 Å². The lowest BCUT2D eigenvalue weighted by Gasteiger charge is -2.19. The molecule has 2 amide bonds. The number of hydrogen-bond donors (Lipinski definition) is 2. The van der Waals surface area contributed by atoms with Crippen molar-refractivity contribution in [1.82, 2.24) is 15.1 Å². The fourth-order valence-electron chi connectivity index (χ4n) is 3.54. The number of rotatable bonds is 2. The van der Waals surface area contributed by atoms with E-state index >= 15 is 0 Å². The van der Waals surface area contributed by atoms with Crippen LogP contribution in [0, 0.1) is 13.8 Å². The Morgan fingerprint density at radius 3 is 2.65 bits per heavy atom. The summed E-state index contributed by atoms with van der Waals surface area (Å²) in [4.78, 5) is 12.4. The van der Waals surface area contributed by atoms with Crippen LogP contribution in [0.5, 0.6) is 0 Å². The van der Waals surface area contributed by atoms with Crippen LogP contribution < -0.4 is 10.6 Å². The van der Waals surface area contributed by atoms with Gasteiger partial charge in [0, 0.05) is 7.05 Å². The highest BCUT2D eigenvalue weighted by atomic mass is 16.2. The molecule has 0 spiro atoms. The second-order valence-corrected chi connectivity index (χ2v) is 7.00. The summed E-state index contributed by atoms with van der Waals surface area (Å²) >= 11 is 0. The zero-order valence-corrected chi connectivity index (χ0v) is 14.4. The van der Waals surface area contributed by atoms with E-state index < -0.39 is 0 Å². The van der Waals surface area contributed by atoms with Crippen molar-refractivity contribution in [2.75, 3.05) is 5.32 Å². The van der Waals surface area contributed by atoms with E-state index in [1.54, 1.807) is 4.68 Å². The Bertz CT molecular complexity index is 760. The van der Waals surface area contributed by atoms with E-state index in [4.69, 9.17) is 0 Å². The molecule has 0 saturated heterocycles. The number of fused-ring (bicyclic) bond motifs is 1. The van der Waals surface area contributed by atoms with Crippen LogP contribution >= 0.6 is 0 Å². The van der Waals surface area contributed by atoms with Crippen molar-refractivity contribution < 1.29 is 4.79 Å². The number of amides is 2. The minimum Gasteiger partial charge on any atom is -0.331 e. The van der Waals surface area contributed by atoms with Gasteiger partial charge in [0.2, 0.25) is 0 Å². The van der Waals surface area contributed by atoms with E-state index in [0.717, 1.165) is 23.5 Å². The highest BCUT2D eigenvalue weighted by Crippen LogP contribution is 2.44. The molecule has 1 atom stereocenters. The number of hydrogen-bond acceptors (Lipinski definition) is 2. The van der Waals surface area contributed by atoms with Crippen molar-refractivity contribution in [3.8, 4) is 0 Å². The number of nitrogens with one attached hydrogen (secondary N) is 2. The third kappa shape index (κ3) is 2.71. The normalized spacial score (nSPS) is 18.6. The van der Waals surface area contributed by atoms with E-state index in [1.165, 1.54) is 11.1 Å². The van der Waals surface area contributed by atoms with Gasteiger partial charge in [-0.05, 0) is 36.8 Å². The van der Waals surface area contributed by atoms with Gasteiger partial charge >= 0.3 is 6.03 Å². The van der Waals surface area contributed by atoms with Crippen molar-refractivity contribution in [2.24, 2.45) is 7.05 Å². The third-order valence-corrected chi connectivity index (χ3v) is 4.83. The summed E-state index contributed by atoms with van der Waals surface area (Å²) in [5.74, 6) is 0. The van der Waals surface area contributed by atoms with Crippen LogP contribution in [0.25, 0.3) is 0 Å². The number of nitrogens with zero attached hydrogens (tertiary/aromatic N) is 2. The summed E-state index contributed by atoms with van der Waals surface area (Å²) in [6.45, 7) is 8.29. The molecule has 122 valence electrons. The van der Waals surface area contributed by atoms with Gasteiger partial charge in [-0.15, -0.1) is 0 Å². The lowest BCUT2D eigenvalue weighted by atomic mass is 9.86. The molecule has 1 aromatic heterocycles. The SMILES string of the molecule is Cc1nn(C)c(C)c1NC(=O)NC1CC(C)(C)c2ccccc21. The zero-order valence-electron chi connectivity index (χ0n) is 14.4. The van der Waals surface area contributed by atoms with Crippen molar-refractivity contribution >= 4 is 11.7 Å². The van der Waals surface area contributed by atoms with Crippen molar-refractivity contribution in [1.29, 1.82) is 0 Å². The predicted octanol–water partition coefficient (Wildman–Crippen LogP) is 3.58. The first-order valence-electron chi connectivity index (χ1n) is 7.97. The Labute approximate surface area is 137 Å². The maximum absolute atomic E-state index is 12.4. The van der Waals surface area contributed by atoms with Gasteiger partial charge in [0.1, 0.15) is 0 Å². The summed E-state index contributed by atoms with van der Waals surface area (Å²) in [5, 5.41) is 10.4. The van der Waals surface area contributed by atoms with Gasteiger partial charge < -0.3 is 10.6 Å². The predicted molar refractivity (Wildman–Crippen MR) is 91.7 cm³/mol. The number of aryl methyl sites for hydroxylation is 2. The lowest BCUT2D eigenvalue weighted by Crippen LogP contribution is -2.32. The summed E-state index contributed by atoms with van der Waals surface area (Å²) < 4.78 is 1.78. The third-order valence-electron chi connectivity index (χ3n) is 4.83. The monoisotopic (exact) mass is 312 g/mol. The molecule has 0 saturated carbocycles. The Morgan fingerprint density at radius 2 is 2.00 bits per heavy atom. The number of carbonyl (C=O) groups excluding carboxylic acids is 1. The van der Waals surface area contributed by atoms with Gasteiger partial charge in [0.25, 0.3) is 0 Å². The molecule has 0 fully saturated rings. The van der Waals surface area contributed by atoms with Crippen molar-refractivity contribution in [3.63, 3.8) is 0 Å². The summed E-state index contributed by atoms with van der Waals surface area (Å²) in [6.07, 6.45) is 0.908. The topological polar surface area (TPSA) is 59.0 Å². The number of carbonyl (C=O) groups is 1. The van der Waals surface area contributed by atoms with Crippen LogP contribution in [-0.4, -0.2) is 15.8 Å². The summed E-state index contributed by atoms with van der Waals surface area (Å²) in [6, 6.07) is 8.22. The number of aromatic nitrogens is 2. The summed E-state index contributed by atoms with van der Waals surface area (Å²) in [5.41, 5.74) is 5.17. The average molecular weight is 312 g/mol. The number of anilines is 1. The molecule has 0 aliphatic heterocycles. The first-order chi connectivity index (χ1) is 10.8. The van der Waals surface area contributed by atoms with Crippen LogP contribution in [0.3, 0.4) is 0 Å². The van der Waals surface area contributed by atoms with Crippen LogP contribution in [0.2, 0.25) is 0 Å². The van der Waals surface area contributed by atoms with E-state index in [0.29, 0.717) is 0 Å². The molecular formula is C18H24N4O. The second kappa shape index (κ2) is 5.41. The lowest BCUT2D eigenvalue weighted by molar-refractivity contribution is 0.247.